The third kappa shape index (κ3) is 4.34. The lowest BCUT2D eigenvalue weighted by Gasteiger charge is -2.21. The van der Waals surface area contributed by atoms with Crippen molar-refractivity contribution in [2.24, 2.45) is 0 Å². The molecular weight excluding hydrogens is 216 g/mol. The molecule has 0 fully saturated rings. The molecule has 0 atom stereocenters. The van der Waals surface area contributed by atoms with Crippen molar-refractivity contribution in [3.63, 3.8) is 0 Å². The van der Waals surface area contributed by atoms with Gasteiger partial charge in [0.15, 0.2) is 0 Å². The molecule has 0 bridgehead atoms. The molecule has 0 aliphatic carbocycles. The summed E-state index contributed by atoms with van der Waals surface area (Å²) in [7, 11) is 1.63. The van der Waals surface area contributed by atoms with Gasteiger partial charge in [-0.2, -0.15) is 0 Å². The predicted molar refractivity (Wildman–Crippen MR) is 69.6 cm³/mol. The summed E-state index contributed by atoms with van der Waals surface area (Å²) in [6.45, 7) is 7.75. The number of hydrogen-bond donors (Lipinski definition) is 2. The molecule has 0 unspecified atom stereocenters. The maximum Gasteiger partial charge on any atom is 0.319 e. The molecule has 0 aromatic heterocycles. The first-order chi connectivity index (χ1) is 7.81. The second-order valence-corrected chi connectivity index (χ2v) is 5.01. The summed E-state index contributed by atoms with van der Waals surface area (Å²) in [6.07, 6.45) is 0. The van der Waals surface area contributed by atoms with E-state index >= 15 is 0 Å². The molecule has 1 aromatic rings. The highest BCUT2D eigenvalue weighted by Gasteiger charge is 2.13. The highest BCUT2D eigenvalue weighted by molar-refractivity contribution is 5.89. The van der Waals surface area contributed by atoms with Gasteiger partial charge in [0, 0.05) is 11.2 Å². The number of rotatable bonds is 2. The number of anilines is 1. The minimum Gasteiger partial charge on any atom is -0.496 e. The Morgan fingerprint density at radius 1 is 1.29 bits per heavy atom. The Bertz CT molecular complexity index is 408. The van der Waals surface area contributed by atoms with E-state index in [0.29, 0.717) is 0 Å². The van der Waals surface area contributed by atoms with E-state index in [1.54, 1.807) is 7.11 Å². The average molecular weight is 236 g/mol. The van der Waals surface area contributed by atoms with Gasteiger partial charge in [-0.15, -0.1) is 0 Å². The van der Waals surface area contributed by atoms with Crippen molar-refractivity contribution in [2.75, 3.05) is 12.4 Å². The van der Waals surface area contributed by atoms with Crippen LogP contribution in [0.5, 0.6) is 5.75 Å². The zero-order chi connectivity index (χ0) is 13.1. The lowest BCUT2D eigenvalue weighted by atomic mass is 10.1. The number of amides is 2. The maximum absolute atomic E-state index is 11.6. The summed E-state index contributed by atoms with van der Waals surface area (Å²) < 4.78 is 5.16. The van der Waals surface area contributed by atoms with Crippen molar-refractivity contribution in [3.05, 3.63) is 23.8 Å². The molecule has 0 aliphatic heterocycles. The first-order valence-corrected chi connectivity index (χ1v) is 5.55. The van der Waals surface area contributed by atoms with Crippen LogP contribution in [-0.4, -0.2) is 18.7 Å². The molecule has 4 nitrogen and oxygen atoms in total. The fraction of sp³-hybridized carbons (Fsp3) is 0.462. The van der Waals surface area contributed by atoms with Gasteiger partial charge in [0.2, 0.25) is 0 Å². The van der Waals surface area contributed by atoms with E-state index in [-0.39, 0.29) is 11.6 Å². The highest BCUT2D eigenvalue weighted by atomic mass is 16.5. The van der Waals surface area contributed by atoms with E-state index < -0.39 is 0 Å². The van der Waals surface area contributed by atoms with Gasteiger partial charge in [-0.05, 0) is 51.5 Å². The quantitative estimate of drug-likeness (QED) is 0.829. The van der Waals surface area contributed by atoms with Gasteiger partial charge in [-0.1, -0.05) is 0 Å². The third-order valence-corrected chi connectivity index (χ3v) is 2.14. The first-order valence-electron chi connectivity index (χ1n) is 5.55. The molecule has 17 heavy (non-hydrogen) atoms. The van der Waals surface area contributed by atoms with Crippen LogP contribution >= 0.6 is 0 Å². The highest BCUT2D eigenvalue weighted by Crippen LogP contribution is 2.21. The monoisotopic (exact) mass is 236 g/mol. The Balaban J connectivity index is 2.69. The summed E-state index contributed by atoms with van der Waals surface area (Å²) in [5, 5.41) is 5.62. The molecule has 94 valence electrons. The molecule has 0 saturated heterocycles. The van der Waals surface area contributed by atoms with Crippen LogP contribution < -0.4 is 15.4 Å². The van der Waals surface area contributed by atoms with E-state index in [4.69, 9.17) is 4.74 Å². The Morgan fingerprint density at radius 3 is 2.41 bits per heavy atom. The Hall–Kier alpha value is -1.71. The molecule has 2 N–H and O–H groups in total. The lowest BCUT2D eigenvalue weighted by molar-refractivity contribution is 0.244. The fourth-order valence-corrected chi connectivity index (χ4v) is 1.46. The average Bonchev–Trinajstić information content (AvgIpc) is 2.14. The fourth-order valence-electron chi connectivity index (χ4n) is 1.46. The normalized spacial score (nSPS) is 10.9. The second-order valence-electron chi connectivity index (χ2n) is 5.01. The van der Waals surface area contributed by atoms with Crippen LogP contribution in [0.1, 0.15) is 26.3 Å². The van der Waals surface area contributed by atoms with Crippen LogP contribution in [0, 0.1) is 6.92 Å². The van der Waals surface area contributed by atoms with Gasteiger partial charge in [0.1, 0.15) is 5.75 Å². The van der Waals surface area contributed by atoms with Crippen molar-refractivity contribution < 1.29 is 9.53 Å². The number of urea groups is 1. The zero-order valence-corrected chi connectivity index (χ0v) is 11.0. The third-order valence-electron chi connectivity index (χ3n) is 2.14. The zero-order valence-electron chi connectivity index (χ0n) is 11.0. The molecule has 0 saturated carbocycles. The number of hydrogen-bond acceptors (Lipinski definition) is 2. The number of aryl methyl sites for hydroxylation is 1. The van der Waals surface area contributed by atoms with Crippen molar-refractivity contribution in [3.8, 4) is 5.75 Å². The molecule has 0 aliphatic rings. The summed E-state index contributed by atoms with van der Waals surface area (Å²) in [6, 6.07) is 5.32. The van der Waals surface area contributed by atoms with Gasteiger partial charge in [-0.25, -0.2) is 4.79 Å². The molecule has 4 heteroatoms. The number of carbonyl (C=O) groups is 1. The first kappa shape index (κ1) is 13.4. The van der Waals surface area contributed by atoms with Crippen molar-refractivity contribution in [1.82, 2.24) is 5.32 Å². The molecule has 1 rings (SSSR count). The van der Waals surface area contributed by atoms with Gasteiger partial charge < -0.3 is 15.4 Å². The number of methoxy groups -OCH3 is 1. The molecule has 1 aromatic carbocycles. The largest absolute Gasteiger partial charge is 0.496 e. The number of carbonyl (C=O) groups excluding carboxylic acids is 1. The van der Waals surface area contributed by atoms with Crippen molar-refractivity contribution in [1.29, 1.82) is 0 Å². The van der Waals surface area contributed by atoms with Gasteiger partial charge >= 0.3 is 6.03 Å². The van der Waals surface area contributed by atoms with E-state index in [9.17, 15) is 4.79 Å². The van der Waals surface area contributed by atoms with E-state index in [1.807, 2.05) is 45.9 Å². The number of ether oxygens (including phenoxy) is 1. The van der Waals surface area contributed by atoms with Crippen LogP contribution in [0.3, 0.4) is 0 Å². The lowest BCUT2D eigenvalue weighted by Crippen LogP contribution is -2.43. The van der Waals surface area contributed by atoms with E-state index in [2.05, 4.69) is 10.6 Å². The summed E-state index contributed by atoms with van der Waals surface area (Å²) in [5.41, 5.74) is 1.50. The van der Waals surface area contributed by atoms with E-state index in [1.165, 1.54) is 0 Å². The SMILES string of the molecule is COc1ccc(NC(=O)NC(C)(C)C)cc1C. The van der Waals surface area contributed by atoms with Crippen LogP contribution in [0.25, 0.3) is 0 Å². The Morgan fingerprint density at radius 2 is 1.94 bits per heavy atom. The Kier molecular flexibility index (Phi) is 3.99. The summed E-state index contributed by atoms with van der Waals surface area (Å²) in [5.74, 6) is 0.812. The maximum atomic E-state index is 11.6. The summed E-state index contributed by atoms with van der Waals surface area (Å²) in [4.78, 5) is 11.6. The van der Waals surface area contributed by atoms with Crippen molar-refractivity contribution >= 4 is 11.7 Å². The summed E-state index contributed by atoms with van der Waals surface area (Å²) >= 11 is 0. The van der Waals surface area contributed by atoms with Crippen LogP contribution in [0.2, 0.25) is 0 Å². The molecule has 2 amide bonds. The predicted octanol–water partition coefficient (Wildman–Crippen LogP) is 2.92. The van der Waals surface area contributed by atoms with Crippen LogP contribution in [0.4, 0.5) is 10.5 Å². The van der Waals surface area contributed by atoms with Gasteiger partial charge in [0.05, 0.1) is 7.11 Å². The molecule has 0 spiro atoms. The Labute approximate surface area is 102 Å². The van der Waals surface area contributed by atoms with Crippen molar-refractivity contribution in [2.45, 2.75) is 33.2 Å². The topological polar surface area (TPSA) is 50.4 Å². The van der Waals surface area contributed by atoms with E-state index in [0.717, 1.165) is 17.0 Å². The number of benzene rings is 1. The molecule has 0 radical (unpaired) electrons. The molecule has 0 heterocycles. The molecular formula is C13H20N2O2. The van der Waals surface area contributed by atoms with Crippen LogP contribution in [0.15, 0.2) is 18.2 Å². The smallest absolute Gasteiger partial charge is 0.319 e. The minimum absolute atomic E-state index is 0.206. The standard InChI is InChI=1S/C13H20N2O2/c1-9-8-10(6-7-11(9)17-5)14-12(16)15-13(2,3)4/h6-8H,1-5H3,(H2,14,15,16). The minimum atomic E-state index is -0.244. The van der Waals surface area contributed by atoms with Gasteiger partial charge in [-0.3, -0.25) is 0 Å². The number of nitrogens with one attached hydrogen (secondary N) is 2. The van der Waals surface area contributed by atoms with Crippen LogP contribution in [-0.2, 0) is 0 Å². The second kappa shape index (κ2) is 5.08. The van der Waals surface area contributed by atoms with Gasteiger partial charge in [0.25, 0.3) is 0 Å².